The first-order chi connectivity index (χ1) is 9.34. The van der Waals surface area contributed by atoms with Gasteiger partial charge < -0.3 is 14.2 Å². The van der Waals surface area contributed by atoms with Crippen LogP contribution in [-0.2, 0) is 6.42 Å². The minimum atomic E-state index is 0.703. The fourth-order valence-corrected chi connectivity index (χ4v) is 3.30. The normalized spacial score (nSPS) is 19.7. The van der Waals surface area contributed by atoms with Crippen LogP contribution in [0.1, 0.15) is 17.5 Å². The first kappa shape index (κ1) is 11.1. The third-order valence-corrected chi connectivity index (χ3v) is 4.33. The average Bonchev–Trinajstić information content (AvgIpc) is 3.13. The maximum atomic E-state index is 5.76. The van der Waals surface area contributed by atoms with Gasteiger partial charge in [-0.3, -0.25) is 0 Å². The molecule has 3 nitrogen and oxygen atoms in total. The van der Waals surface area contributed by atoms with Crippen molar-refractivity contribution in [3.05, 3.63) is 35.8 Å². The van der Waals surface area contributed by atoms with Crippen LogP contribution in [0.4, 0.5) is 0 Å². The van der Waals surface area contributed by atoms with Crippen molar-refractivity contribution in [2.75, 3.05) is 13.1 Å². The van der Waals surface area contributed by atoms with Crippen LogP contribution in [0.15, 0.2) is 33.5 Å². The molecule has 1 atom stereocenters. The molecule has 98 valence electrons. The van der Waals surface area contributed by atoms with Crippen LogP contribution < -0.4 is 5.32 Å². The Hall–Kier alpha value is -1.74. The fourth-order valence-electron chi connectivity index (χ4n) is 3.30. The van der Waals surface area contributed by atoms with Gasteiger partial charge in [0.15, 0.2) is 0 Å². The third-order valence-electron chi connectivity index (χ3n) is 4.33. The number of hydrogen-bond acceptors (Lipinski definition) is 3. The Morgan fingerprint density at radius 3 is 2.74 bits per heavy atom. The topological polar surface area (TPSA) is 38.3 Å². The lowest BCUT2D eigenvalue weighted by molar-refractivity contribution is 0.566. The molecule has 0 bridgehead atoms. The van der Waals surface area contributed by atoms with E-state index < -0.39 is 0 Å². The molecule has 1 aliphatic rings. The second kappa shape index (κ2) is 4.14. The van der Waals surface area contributed by atoms with E-state index in [1.807, 2.05) is 6.07 Å². The summed E-state index contributed by atoms with van der Waals surface area (Å²) in [6.07, 6.45) is 5.88. The molecule has 1 unspecified atom stereocenters. The lowest BCUT2D eigenvalue weighted by Crippen LogP contribution is -2.11. The Bertz CT molecular complexity index is 680. The van der Waals surface area contributed by atoms with Gasteiger partial charge in [-0.1, -0.05) is 0 Å². The van der Waals surface area contributed by atoms with E-state index >= 15 is 0 Å². The first-order valence-corrected chi connectivity index (χ1v) is 6.91. The molecule has 3 heterocycles. The molecule has 1 N–H and O–H groups in total. The highest BCUT2D eigenvalue weighted by Crippen LogP contribution is 2.35. The quantitative estimate of drug-likeness (QED) is 0.759. The Kier molecular flexibility index (Phi) is 2.42. The lowest BCUT2D eigenvalue weighted by Gasteiger charge is -2.11. The molecule has 0 aliphatic carbocycles. The van der Waals surface area contributed by atoms with E-state index in [4.69, 9.17) is 8.83 Å². The van der Waals surface area contributed by atoms with E-state index in [1.54, 1.807) is 12.5 Å². The Morgan fingerprint density at radius 2 is 1.95 bits per heavy atom. The smallest absolute Gasteiger partial charge is 0.138 e. The van der Waals surface area contributed by atoms with Gasteiger partial charge in [0, 0.05) is 21.9 Å². The number of nitrogens with one attached hydrogen (secondary N) is 1. The Labute approximate surface area is 111 Å². The van der Waals surface area contributed by atoms with Gasteiger partial charge in [-0.2, -0.15) is 0 Å². The molecule has 0 saturated carbocycles. The largest absolute Gasteiger partial charge is 0.464 e. The van der Waals surface area contributed by atoms with Gasteiger partial charge in [0.1, 0.15) is 11.2 Å². The summed E-state index contributed by atoms with van der Waals surface area (Å²) in [5, 5.41) is 5.83. The maximum absolute atomic E-state index is 5.76. The molecule has 1 aromatic carbocycles. The van der Waals surface area contributed by atoms with E-state index in [-0.39, 0.29) is 0 Å². The van der Waals surface area contributed by atoms with Crippen molar-refractivity contribution in [3.63, 3.8) is 0 Å². The van der Waals surface area contributed by atoms with Crippen molar-refractivity contribution in [2.45, 2.75) is 19.8 Å². The zero-order valence-corrected chi connectivity index (χ0v) is 11.0. The van der Waals surface area contributed by atoms with Gasteiger partial charge in [0.25, 0.3) is 0 Å². The molecule has 19 heavy (non-hydrogen) atoms. The van der Waals surface area contributed by atoms with Gasteiger partial charge in [0.05, 0.1) is 12.5 Å². The molecule has 3 heteroatoms. The van der Waals surface area contributed by atoms with Crippen LogP contribution >= 0.6 is 0 Å². The van der Waals surface area contributed by atoms with Crippen molar-refractivity contribution < 1.29 is 8.83 Å². The van der Waals surface area contributed by atoms with E-state index in [9.17, 15) is 0 Å². The maximum Gasteiger partial charge on any atom is 0.138 e. The Balaban J connectivity index is 1.95. The van der Waals surface area contributed by atoms with E-state index in [2.05, 4.69) is 18.3 Å². The van der Waals surface area contributed by atoms with E-state index in [0.717, 1.165) is 30.7 Å². The zero-order chi connectivity index (χ0) is 12.8. The SMILES string of the molecule is Cc1c2ccoc2c(CC2CCNC2)c2ccoc12. The van der Waals surface area contributed by atoms with Gasteiger partial charge >= 0.3 is 0 Å². The van der Waals surface area contributed by atoms with Crippen LogP contribution in [0.3, 0.4) is 0 Å². The van der Waals surface area contributed by atoms with Gasteiger partial charge in [-0.05, 0) is 50.9 Å². The highest BCUT2D eigenvalue weighted by atomic mass is 16.3. The molecule has 1 fully saturated rings. The average molecular weight is 255 g/mol. The number of aryl methyl sites for hydroxylation is 1. The van der Waals surface area contributed by atoms with Crippen LogP contribution in [0.25, 0.3) is 21.9 Å². The summed E-state index contributed by atoms with van der Waals surface area (Å²) in [5.74, 6) is 0.703. The predicted octanol–water partition coefficient (Wildman–Crippen LogP) is 3.64. The molecular formula is C16H17NO2. The zero-order valence-electron chi connectivity index (χ0n) is 11.0. The Morgan fingerprint density at radius 1 is 1.16 bits per heavy atom. The fraction of sp³-hybridized carbons (Fsp3) is 0.375. The highest BCUT2D eigenvalue weighted by molar-refractivity contribution is 6.01. The molecular weight excluding hydrogens is 238 g/mol. The summed E-state index contributed by atoms with van der Waals surface area (Å²) in [6, 6.07) is 4.12. The molecule has 4 rings (SSSR count). The number of rotatable bonds is 2. The highest BCUT2D eigenvalue weighted by Gasteiger charge is 2.21. The van der Waals surface area contributed by atoms with Crippen LogP contribution in [-0.4, -0.2) is 13.1 Å². The molecule has 2 aromatic heterocycles. The van der Waals surface area contributed by atoms with Crippen molar-refractivity contribution in [2.24, 2.45) is 5.92 Å². The van der Waals surface area contributed by atoms with Gasteiger partial charge in [0.2, 0.25) is 0 Å². The summed E-state index contributed by atoms with van der Waals surface area (Å²) in [7, 11) is 0. The standard InChI is InChI=1S/C16H17NO2/c1-10-12-3-6-19-16(12)14(8-11-2-5-17-9-11)13-4-7-18-15(10)13/h3-4,6-7,11,17H,2,5,8-9H2,1H3. The molecule has 0 amide bonds. The molecule has 0 spiro atoms. The number of benzene rings is 1. The number of fused-ring (bicyclic) bond motifs is 2. The summed E-state index contributed by atoms with van der Waals surface area (Å²) in [5.41, 5.74) is 4.54. The summed E-state index contributed by atoms with van der Waals surface area (Å²) < 4.78 is 11.4. The molecule has 3 aromatic rings. The molecule has 1 saturated heterocycles. The minimum absolute atomic E-state index is 0.703. The van der Waals surface area contributed by atoms with Crippen molar-refractivity contribution in [1.82, 2.24) is 5.32 Å². The monoisotopic (exact) mass is 255 g/mol. The van der Waals surface area contributed by atoms with Gasteiger partial charge in [-0.25, -0.2) is 0 Å². The van der Waals surface area contributed by atoms with Crippen LogP contribution in [0.2, 0.25) is 0 Å². The third kappa shape index (κ3) is 1.61. The first-order valence-electron chi connectivity index (χ1n) is 6.91. The molecule has 0 radical (unpaired) electrons. The van der Waals surface area contributed by atoms with E-state index in [1.165, 1.54) is 28.3 Å². The number of hydrogen-bond donors (Lipinski definition) is 1. The van der Waals surface area contributed by atoms with Crippen LogP contribution in [0.5, 0.6) is 0 Å². The lowest BCUT2D eigenvalue weighted by atomic mass is 9.93. The summed E-state index contributed by atoms with van der Waals surface area (Å²) in [6.45, 7) is 4.34. The van der Waals surface area contributed by atoms with E-state index in [0.29, 0.717) is 5.92 Å². The summed E-state index contributed by atoms with van der Waals surface area (Å²) >= 11 is 0. The van der Waals surface area contributed by atoms with Crippen molar-refractivity contribution in [1.29, 1.82) is 0 Å². The molecule has 1 aliphatic heterocycles. The second-order valence-corrected chi connectivity index (χ2v) is 5.49. The minimum Gasteiger partial charge on any atom is -0.464 e. The summed E-state index contributed by atoms with van der Waals surface area (Å²) in [4.78, 5) is 0. The predicted molar refractivity (Wildman–Crippen MR) is 75.4 cm³/mol. The van der Waals surface area contributed by atoms with Crippen molar-refractivity contribution >= 4 is 21.9 Å². The van der Waals surface area contributed by atoms with Crippen molar-refractivity contribution in [3.8, 4) is 0 Å². The number of furan rings is 2. The van der Waals surface area contributed by atoms with Gasteiger partial charge in [-0.15, -0.1) is 0 Å². The van der Waals surface area contributed by atoms with Crippen LogP contribution in [0, 0.1) is 12.8 Å². The second-order valence-electron chi connectivity index (χ2n) is 5.49.